The van der Waals surface area contributed by atoms with Gasteiger partial charge in [0.15, 0.2) is 11.3 Å². The molecule has 0 bridgehead atoms. The van der Waals surface area contributed by atoms with Gasteiger partial charge in [-0.2, -0.15) is 5.10 Å². The van der Waals surface area contributed by atoms with Crippen LogP contribution in [0.1, 0.15) is 107 Å². The minimum Gasteiger partial charge on any atom is -0.507 e. The summed E-state index contributed by atoms with van der Waals surface area (Å²) in [5.41, 5.74) is 14.0. The number of aromatic hydroxyl groups is 1. The maximum atomic E-state index is 14.0. The third-order valence-corrected chi connectivity index (χ3v) is 15.2. The SMILES string of the molecule is Cc1ncsc1-c1ccc([C@H](C)NC(=O)[C@@H]2C[C@@H](O)CN2C(O)[C@@H](NC(=O)C2CCC(c3cnc(N4CCC(n5nc(N)c6nnc(-c7ccccc7O)cc65)CC4)nc3)CC2)C(C)(C)C)cc1. The smallest absolute Gasteiger partial charge is 0.238 e. The first-order chi connectivity index (χ1) is 32.6. The summed E-state index contributed by atoms with van der Waals surface area (Å²) < 4.78 is 1.94. The second-order valence-corrected chi connectivity index (χ2v) is 20.7. The van der Waals surface area contributed by atoms with Crippen LogP contribution in [0.4, 0.5) is 11.8 Å². The molecule has 6 heterocycles. The number of amides is 2. The number of piperidine rings is 1. The summed E-state index contributed by atoms with van der Waals surface area (Å²) in [4.78, 5) is 46.7. The summed E-state index contributed by atoms with van der Waals surface area (Å²) >= 11 is 1.59. The van der Waals surface area contributed by atoms with Crippen LogP contribution in [-0.4, -0.2) is 111 Å². The topological polar surface area (TPSA) is 234 Å². The van der Waals surface area contributed by atoms with Crippen LogP contribution in [0.25, 0.3) is 32.7 Å². The van der Waals surface area contributed by atoms with Crippen molar-refractivity contribution in [3.8, 4) is 27.4 Å². The molecule has 2 saturated heterocycles. The minimum absolute atomic E-state index is 0.0846. The van der Waals surface area contributed by atoms with Crippen LogP contribution in [0.15, 0.2) is 72.5 Å². The number of nitrogen functional groups attached to an aromatic ring is 1. The number of anilines is 2. The first-order valence-corrected chi connectivity index (χ1v) is 24.6. The lowest BCUT2D eigenvalue weighted by Gasteiger charge is -2.41. The molecule has 3 fully saturated rings. The lowest BCUT2D eigenvalue weighted by Crippen LogP contribution is -2.61. The average molecular weight is 943 g/mol. The molecule has 0 radical (unpaired) electrons. The van der Waals surface area contributed by atoms with E-state index in [2.05, 4.69) is 35.8 Å². The Kier molecular flexibility index (Phi) is 13.5. The molecule has 17 nitrogen and oxygen atoms in total. The van der Waals surface area contributed by atoms with Gasteiger partial charge in [-0.15, -0.1) is 21.5 Å². The second kappa shape index (κ2) is 19.5. The molecular formula is C50H62N12O5S. The van der Waals surface area contributed by atoms with E-state index >= 15 is 0 Å². The lowest BCUT2D eigenvalue weighted by molar-refractivity contribution is -0.137. The lowest BCUT2D eigenvalue weighted by atomic mass is 9.78. The Balaban J connectivity index is 0.772. The number of nitrogens with zero attached hydrogens (tertiary/aromatic N) is 9. The molecule has 7 N–H and O–H groups in total. The van der Waals surface area contributed by atoms with Crippen molar-refractivity contribution in [3.05, 3.63) is 89.3 Å². The molecule has 1 aliphatic carbocycles. The van der Waals surface area contributed by atoms with Gasteiger partial charge < -0.3 is 36.6 Å². The number of aryl methyl sites for hydroxylation is 1. The molecule has 68 heavy (non-hydrogen) atoms. The average Bonchev–Trinajstić information content (AvgIpc) is 4.06. The first kappa shape index (κ1) is 47.0. The number of likely N-dealkylation sites (tertiary alicyclic amines) is 1. The van der Waals surface area contributed by atoms with Crippen molar-refractivity contribution in [3.63, 3.8) is 0 Å². The molecule has 3 aliphatic rings. The van der Waals surface area contributed by atoms with Crippen molar-refractivity contribution >= 4 is 46.0 Å². The van der Waals surface area contributed by atoms with Gasteiger partial charge in [0.05, 0.1) is 57.6 Å². The van der Waals surface area contributed by atoms with Gasteiger partial charge in [0.1, 0.15) is 12.0 Å². The number of aromatic nitrogens is 7. The molecule has 358 valence electrons. The number of fused-ring (bicyclic) bond motifs is 1. The van der Waals surface area contributed by atoms with E-state index in [0.717, 1.165) is 71.6 Å². The number of phenolic OH excluding ortho intramolecular Hbond substituents is 1. The van der Waals surface area contributed by atoms with Gasteiger partial charge in [0.2, 0.25) is 17.8 Å². The Labute approximate surface area is 400 Å². The van der Waals surface area contributed by atoms with Gasteiger partial charge in [-0.3, -0.25) is 19.2 Å². The molecule has 1 saturated carbocycles. The standard InChI is InChI=1S/C50H62N12O5S/c1-28(30-10-14-32(15-11-30)43-29(2)54-27-68-43)55-47(66)40-22-36(63)26-61(40)48(67)44(50(3,4)5)56-46(65)33-16-12-31(13-17-33)34-24-52-49(53-25-34)60-20-18-35(19-21-60)62-39-23-38(37-8-6-7-9-41(37)64)57-58-42(39)45(51)59-62/h6-11,14-15,23-25,27-28,31,33,35-36,40,44,48,63-64,67H,12-13,16-22,26H2,1-5H3,(H2,51,59)(H,55,66)(H,56,65)/t28-,31?,33?,36+,40-,44+,48?/m0/s1. The third kappa shape index (κ3) is 9.77. The van der Waals surface area contributed by atoms with Gasteiger partial charge in [-0.05, 0) is 105 Å². The Morgan fingerprint density at radius 3 is 2.28 bits per heavy atom. The van der Waals surface area contributed by atoms with Crippen LogP contribution in [0.3, 0.4) is 0 Å². The highest BCUT2D eigenvalue weighted by Crippen LogP contribution is 2.38. The minimum atomic E-state index is -1.20. The van der Waals surface area contributed by atoms with E-state index in [1.807, 2.05) is 93.6 Å². The van der Waals surface area contributed by atoms with E-state index in [9.17, 15) is 24.9 Å². The predicted molar refractivity (Wildman–Crippen MR) is 261 cm³/mol. The van der Waals surface area contributed by atoms with Crippen molar-refractivity contribution in [1.82, 2.24) is 50.5 Å². The van der Waals surface area contributed by atoms with E-state index in [0.29, 0.717) is 41.4 Å². The van der Waals surface area contributed by atoms with Gasteiger partial charge in [0, 0.05) is 43.5 Å². The highest BCUT2D eigenvalue weighted by Gasteiger charge is 2.46. The number of hydrogen-bond donors (Lipinski definition) is 6. The summed E-state index contributed by atoms with van der Waals surface area (Å²) in [6, 6.07) is 15.3. The van der Waals surface area contributed by atoms with E-state index in [4.69, 9.17) is 15.7 Å². The quantitative estimate of drug-likeness (QED) is 0.0793. The summed E-state index contributed by atoms with van der Waals surface area (Å²) in [6.45, 7) is 11.4. The molecular weight excluding hydrogens is 881 g/mol. The number of nitrogens with two attached hydrogens (primary N) is 1. The van der Waals surface area contributed by atoms with E-state index < -0.39 is 29.8 Å². The van der Waals surface area contributed by atoms with Crippen LogP contribution in [-0.2, 0) is 9.59 Å². The van der Waals surface area contributed by atoms with E-state index in [1.165, 1.54) is 0 Å². The number of carbonyl (C=O) groups is 2. The number of nitrogens with one attached hydrogen (secondary N) is 2. The normalized spacial score (nSPS) is 22.0. The van der Waals surface area contributed by atoms with Gasteiger partial charge in [0.25, 0.3) is 0 Å². The maximum Gasteiger partial charge on any atom is 0.238 e. The van der Waals surface area contributed by atoms with E-state index in [-0.39, 0.29) is 54.4 Å². The molecule has 2 amide bonds. The first-order valence-electron chi connectivity index (χ1n) is 23.7. The molecule has 0 spiro atoms. The Morgan fingerprint density at radius 2 is 1.62 bits per heavy atom. The summed E-state index contributed by atoms with van der Waals surface area (Å²) in [7, 11) is 0. The van der Waals surface area contributed by atoms with Crippen molar-refractivity contribution < 1.29 is 24.9 Å². The fourth-order valence-electron chi connectivity index (χ4n) is 10.2. The highest BCUT2D eigenvalue weighted by molar-refractivity contribution is 7.13. The molecule has 1 unspecified atom stereocenters. The molecule has 2 aliphatic heterocycles. The predicted octanol–water partition coefficient (Wildman–Crippen LogP) is 6.28. The molecule has 2 aromatic carbocycles. The third-order valence-electron chi connectivity index (χ3n) is 14.2. The van der Waals surface area contributed by atoms with Crippen LogP contribution < -0.4 is 21.3 Å². The van der Waals surface area contributed by atoms with Gasteiger partial charge in [-0.1, -0.05) is 57.2 Å². The van der Waals surface area contributed by atoms with Crippen LogP contribution in [0.5, 0.6) is 5.75 Å². The Bertz CT molecular complexity index is 2720. The number of rotatable bonds is 12. The monoisotopic (exact) mass is 942 g/mol. The molecule has 5 atom stereocenters. The zero-order valence-corrected chi connectivity index (χ0v) is 40.1. The van der Waals surface area contributed by atoms with Crippen molar-refractivity contribution in [2.75, 3.05) is 30.3 Å². The fourth-order valence-corrected chi connectivity index (χ4v) is 11.1. The Morgan fingerprint density at radius 1 is 0.912 bits per heavy atom. The van der Waals surface area contributed by atoms with Crippen molar-refractivity contribution in [2.45, 2.75) is 122 Å². The molecule has 18 heteroatoms. The highest BCUT2D eigenvalue weighted by atomic mass is 32.1. The number of thiazole rings is 1. The second-order valence-electron chi connectivity index (χ2n) is 19.9. The van der Waals surface area contributed by atoms with Gasteiger partial charge >= 0.3 is 0 Å². The number of benzene rings is 2. The Hall–Kier alpha value is -6.08. The van der Waals surface area contributed by atoms with E-state index in [1.54, 1.807) is 34.4 Å². The number of phenols is 1. The van der Waals surface area contributed by atoms with Crippen molar-refractivity contribution in [2.24, 2.45) is 11.3 Å². The number of aliphatic hydroxyl groups excluding tert-OH is 2. The van der Waals surface area contributed by atoms with Crippen LogP contribution in [0.2, 0.25) is 0 Å². The van der Waals surface area contributed by atoms with Crippen LogP contribution in [0, 0.1) is 18.3 Å². The zero-order chi connectivity index (χ0) is 47.9. The van der Waals surface area contributed by atoms with Crippen molar-refractivity contribution in [1.29, 1.82) is 0 Å². The number of carbonyl (C=O) groups excluding carboxylic acids is 2. The molecule has 6 aromatic rings. The molecule has 9 rings (SSSR count). The number of aliphatic hydroxyl groups is 2. The maximum absolute atomic E-state index is 14.0. The summed E-state index contributed by atoms with van der Waals surface area (Å²) in [5.74, 6) is 0.729. The summed E-state index contributed by atoms with van der Waals surface area (Å²) in [5, 5.41) is 52.8. The number of para-hydroxylation sites is 1. The van der Waals surface area contributed by atoms with Crippen LogP contribution >= 0.6 is 11.3 Å². The zero-order valence-electron chi connectivity index (χ0n) is 39.3. The fraction of sp³-hybridized carbons (Fsp3) is 0.480. The number of β-amino-alcohol motifs (C(OH)–C–C–N with tert-alkyl or cyclic N) is 1. The summed E-state index contributed by atoms with van der Waals surface area (Å²) in [6.07, 6.45) is 6.59. The number of hydrogen-bond acceptors (Lipinski definition) is 15. The van der Waals surface area contributed by atoms with Gasteiger partial charge in [-0.25, -0.2) is 15.0 Å². The molecule has 4 aromatic heterocycles. The largest absolute Gasteiger partial charge is 0.507 e.